The molecule has 0 aliphatic heterocycles. The van der Waals surface area contributed by atoms with E-state index < -0.39 is 40.9 Å². The summed E-state index contributed by atoms with van der Waals surface area (Å²) in [7, 11) is 0. The molecule has 1 N–H and O–H groups in total. The fraction of sp³-hybridized carbons (Fsp3) is 0.333. The molecule has 1 heterocycles. The molecular weight excluding hydrogens is 428 g/mol. The molecule has 0 saturated heterocycles. The first kappa shape index (κ1) is 22.6. The number of aromatic hydroxyl groups is 1. The Balaban J connectivity index is 2.20. The van der Waals surface area contributed by atoms with Gasteiger partial charge in [0, 0.05) is 5.56 Å². The predicted molar refractivity (Wildman–Crippen MR) is 99.0 cm³/mol. The van der Waals surface area contributed by atoms with Crippen molar-refractivity contribution < 1.29 is 41.0 Å². The van der Waals surface area contributed by atoms with Crippen LogP contribution in [0.25, 0.3) is 11.1 Å². The lowest BCUT2D eigenvalue weighted by Gasteiger charge is -2.15. The molecule has 31 heavy (non-hydrogen) atoms. The highest BCUT2D eigenvalue weighted by Crippen LogP contribution is 2.44. The Kier molecular flexibility index (Phi) is 6.02. The van der Waals surface area contributed by atoms with Crippen LogP contribution in [0.2, 0.25) is 0 Å². The number of pyridine rings is 1. The Labute approximate surface area is 173 Å². The van der Waals surface area contributed by atoms with Crippen LogP contribution in [0.3, 0.4) is 0 Å². The Hall–Kier alpha value is -3.04. The number of allylic oxidation sites excluding steroid dienone is 2. The Morgan fingerprint density at radius 1 is 1.00 bits per heavy atom. The van der Waals surface area contributed by atoms with Crippen molar-refractivity contribution in [3.8, 4) is 5.75 Å². The number of phenolic OH excluding ortho intramolecular Hbond substituents is 1. The molecule has 1 aliphatic rings. The van der Waals surface area contributed by atoms with Gasteiger partial charge in [0.2, 0.25) is 0 Å². The van der Waals surface area contributed by atoms with E-state index in [4.69, 9.17) is 4.74 Å². The highest BCUT2D eigenvalue weighted by atomic mass is 19.4. The first-order chi connectivity index (χ1) is 14.4. The summed E-state index contributed by atoms with van der Waals surface area (Å²) in [5, 5.41) is 10.1. The molecule has 1 aromatic heterocycles. The summed E-state index contributed by atoms with van der Waals surface area (Å²) in [5.74, 6) is -1.48. The summed E-state index contributed by atoms with van der Waals surface area (Å²) in [6.45, 7) is 1.42. The molecule has 0 spiro atoms. The third-order valence-corrected chi connectivity index (χ3v) is 4.81. The van der Waals surface area contributed by atoms with E-state index in [-0.39, 0.29) is 41.9 Å². The molecule has 166 valence electrons. The number of phenols is 1. The largest absolute Gasteiger partial charge is 0.507 e. The van der Waals surface area contributed by atoms with Gasteiger partial charge in [-0.15, -0.1) is 0 Å². The number of carbonyl (C=O) groups is 1. The van der Waals surface area contributed by atoms with Crippen molar-refractivity contribution in [2.24, 2.45) is 0 Å². The summed E-state index contributed by atoms with van der Waals surface area (Å²) in [5.41, 5.74) is -2.51. The van der Waals surface area contributed by atoms with Crippen molar-refractivity contribution in [1.29, 1.82) is 0 Å². The van der Waals surface area contributed by atoms with Gasteiger partial charge in [-0.25, -0.2) is 9.78 Å². The predicted octanol–water partition coefficient (Wildman–Crippen LogP) is 6.10. The number of hydrogen-bond acceptors (Lipinski definition) is 4. The van der Waals surface area contributed by atoms with Gasteiger partial charge in [0.15, 0.2) is 0 Å². The van der Waals surface area contributed by atoms with Gasteiger partial charge in [0.25, 0.3) is 0 Å². The van der Waals surface area contributed by atoms with Gasteiger partial charge in [-0.05, 0) is 67.7 Å². The standard InChI is InChI=1S/C21H17F6NO3/c1-2-31-19(30)17-10-12(21(25,26)27)9-16(28-17)14-5-3-4-13(14)15-8-11(20(22,23)24)6-7-18(15)29/h6-10,29H,2-5H2,1H3. The molecule has 0 fully saturated rings. The Bertz CT molecular complexity index is 1040. The Morgan fingerprint density at radius 3 is 2.26 bits per heavy atom. The fourth-order valence-corrected chi connectivity index (χ4v) is 3.44. The lowest BCUT2D eigenvalue weighted by molar-refractivity contribution is -0.138. The second-order valence-electron chi connectivity index (χ2n) is 6.88. The van der Waals surface area contributed by atoms with Crippen LogP contribution < -0.4 is 0 Å². The van der Waals surface area contributed by atoms with E-state index >= 15 is 0 Å². The number of ether oxygens (including phenoxy) is 1. The summed E-state index contributed by atoms with van der Waals surface area (Å²) >= 11 is 0. The minimum Gasteiger partial charge on any atom is -0.507 e. The van der Waals surface area contributed by atoms with Crippen molar-refractivity contribution >= 4 is 17.1 Å². The van der Waals surface area contributed by atoms with Crippen molar-refractivity contribution in [2.45, 2.75) is 38.5 Å². The molecule has 0 unspecified atom stereocenters. The number of aromatic nitrogens is 1. The topological polar surface area (TPSA) is 59.4 Å². The van der Waals surface area contributed by atoms with Crippen LogP contribution in [0, 0.1) is 0 Å². The summed E-state index contributed by atoms with van der Waals surface area (Å²) in [6.07, 6.45) is -8.55. The SMILES string of the molecule is CCOC(=O)c1cc(C(F)(F)F)cc(C2=C(c3cc(C(F)(F)F)ccc3O)CCC2)n1. The maximum absolute atomic E-state index is 13.4. The minimum absolute atomic E-state index is 0.0713. The maximum Gasteiger partial charge on any atom is 0.416 e. The molecule has 1 aliphatic carbocycles. The van der Waals surface area contributed by atoms with Crippen LogP contribution in [-0.4, -0.2) is 22.7 Å². The number of rotatable bonds is 4. The number of nitrogens with zero attached hydrogens (tertiary/aromatic N) is 1. The second-order valence-corrected chi connectivity index (χ2v) is 6.88. The van der Waals surface area contributed by atoms with Crippen molar-refractivity contribution in [2.75, 3.05) is 6.61 Å². The van der Waals surface area contributed by atoms with Crippen LogP contribution in [0.1, 0.15) is 59.1 Å². The van der Waals surface area contributed by atoms with E-state index in [9.17, 15) is 36.2 Å². The van der Waals surface area contributed by atoms with E-state index in [0.29, 0.717) is 12.5 Å². The maximum atomic E-state index is 13.4. The zero-order chi connectivity index (χ0) is 23.0. The van der Waals surface area contributed by atoms with E-state index in [1.165, 1.54) is 6.92 Å². The van der Waals surface area contributed by atoms with Gasteiger partial charge in [0.1, 0.15) is 11.4 Å². The number of alkyl halides is 6. The molecule has 3 rings (SSSR count). The van der Waals surface area contributed by atoms with Gasteiger partial charge in [-0.3, -0.25) is 0 Å². The van der Waals surface area contributed by atoms with E-state index in [0.717, 1.165) is 24.3 Å². The summed E-state index contributed by atoms with van der Waals surface area (Å²) in [6, 6.07) is 3.68. The van der Waals surface area contributed by atoms with Gasteiger partial charge in [-0.1, -0.05) is 0 Å². The van der Waals surface area contributed by atoms with Gasteiger partial charge >= 0.3 is 18.3 Å². The van der Waals surface area contributed by atoms with Crippen LogP contribution in [-0.2, 0) is 17.1 Å². The lowest BCUT2D eigenvalue weighted by atomic mass is 9.96. The fourth-order valence-electron chi connectivity index (χ4n) is 3.44. The number of esters is 1. The number of halogens is 6. The third kappa shape index (κ3) is 4.83. The first-order valence-corrected chi connectivity index (χ1v) is 9.31. The number of hydrogen-bond donors (Lipinski definition) is 1. The zero-order valence-electron chi connectivity index (χ0n) is 16.2. The van der Waals surface area contributed by atoms with Gasteiger partial charge in [0.05, 0.1) is 23.4 Å². The van der Waals surface area contributed by atoms with Crippen LogP contribution in [0.15, 0.2) is 30.3 Å². The highest BCUT2D eigenvalue weighted by molar-refractivity contribution is 5.95. The molecule has 2 aromatic rings. The Morgan fingerprint density at radius 2 is 1.65 bits per heavy atom. The van der Waals surface area contributed by atoms with Crippen LogP contribution in [0.4, 0.5) is 26.3 Å². The smallest absolute Gasteiger partial charge is 0.416 e. The average Bonchev–Trinajstić information content (AvgIpc) is 3.16. The third-order valence-electron chi connectivity index (χ3n) is 4.81. The summed E-state index contributed by atoms with van der Waals surface area (Å²) in [4.78, 5) is 16.0. The molecule has 1 aromatic carbocycles. The molecule has 10 heteroatoms. The molecule has 4 nitrogen and oxygen atoms in total. The molecule has 0 amide bonds. The first-order valence-electron chi connectivity index (χ1n) is 9.31. The van der Waals surface area contributed by atoms with Crippen molar-refractivity contribution in [3.63, 3.8) is 0 Å². The molecule has 0 atom stereocenters. The molecule has 0 radical (unpaired) electrons. The van der Waals surface area contributed by atoms with Gasteiger partial charge in [-0.2, -0.15) is 26.3 Å². The normalized spacial score (nSPS) is 14.8. The number of carbonyl (C=O) groups excluding carboxylic acids is 1. The monoisotopic (exact) mass is 445 g/mol. The van der Waals surface area contributed by atoms with Crippen LogP contribution >= 0.6 is 0 Å². The molecule has 0 bridgehead atoms. The molecule has 0 saturated carbocycles. The quantitative estimate of drug-likeness (QED) is 0.457. The van der Waals surface area contributed by atoms with Gasteiger partial charge < -0.3 is 9.84 Å². The number of benzene rings is 1. The van der Waals surface area contributed by atoms with Crippen molar-refractivity contribution in [1.82, 2.24) is 4.98 Å². The summed E-state index contributed by atoms with van der Waals surface area (Å²) < 4.78 is 84.3. The average molecular weight is 445 g/mol. The van der Waals surface area contributed by atoms with Crippen LogP contribution in [0.5, 0.6) is 5.75 Å². The minimum atomic E-state index is -4.78. The van der Waals surface area contributed by atoms with E-state index in [1.54, 1.807) is 0 Å². The highest BCUT2D eigenvalue weighted by Gasteiger charge is 2.35. The van der Waals surface area contributed by atoms with E-state index in [2.05, 4.69) is 4.98 Å². The second kappa shape index (κ2) is 8.24. The molecular formula is C21H17F6NO3. The van der Waals surface area contributed by atoms with E-state index in [1.807, 2.05) is 0 Å². The zero-order valence-corrected chi connectivity index (χ0v) is 16.2. The van der Waals surface area contributed by atoms with Crippen molar-refractivity contribution in [3.05, 3.63) is 58.4 Å². The lowest BCUT2D eigenvalue weighted by Crippen LogP contribution is -2.13.